The molecule has 0 aromatic heterocycles. The summed E-state index contributed by atoms with van der Waals surface area (Å²) in [5, 5.41) is 2.58. The number of hydrogen-bond acceptors (Lipinski definition) is 3. The average molecular weight is 159 g/mol. The average Bonchev–Trinajstić information content (AvgIpc) is 2.31. The molecule has 1 fully saturated rings. The molecule has 11 heavy (non-hydrogen) atoms. The summed E-state index contributed by atoms with van der Waals surface area (Å²) in [5.41, 5.74) is -0.508. The minimum Gasteiger partial charge on any atom is -0.439 e. The van der Waals surface area contributed by atoms with E-state index in [9.17, 15) is 4.79 Å². The molecule has 2 atom stereocenters. The van der Waals surface area contributed by atoms with Crippen LogP contribution in [0.1, 0.15) is 13.8 Å². The number of rotatable bonds is 2. The van der Waals surface area contributed by atoms with Crippen LogP contribution in [0.5, 0.6) is 0 Å². The number of amides is 1. The number of cyclic esters (lactones) is 1. The quantitative estimate of drug-likeness (QED) is 0.639. The Morgan fingerprint density at radius 1 is 1.82 bits per heavy atom. The Bertz CT molecular complexity index is 171. The standard InChI is InChI=1S/C7H13NO3/c1-5(10-3)7(2)4-8-6(9)11-7/h5H,4H2,1-3H3,(H,8,9). The van der Waals surface area contributed by atoms with E-state index in [4.69, 9.17) is 9.47 Å². The first-order chi connectivity index (χ1) is 5.08. The highest BCUT2D eigenvalue weighted by molar-refractivity contribution is 5.70. The molecular formula is C7H13NO3. The molecule has 0 aromatic carbocycles. The van der Waals surface area contributed by atoms with Crippen molar-refractivity contribution in [2.45, 2.75) is 25.6 Å². The summed E-state index contributed by atoms with van der Waals surface area (Å²) in [4.78, 5) is 10.7. The lowest BCUT2D eigenvalue weighted by Crippen LogP contribution is -2.41. The molecule has 0 bridgehead atoms. The highest BCUT2D eigenvalue weighted by Crippen LogP contribution is 2.21. The van der Waals surface area contributed by atoms with E-state index in [-0.39, 0.29) is 12.2 Å². The van der Waals surface area contributed by atoms with E-state index in [1.54, 1.807) is 7.11 Å². The zero-order chi connectivity index (χ0) is 8.48. The molecule has 64 valence electrons. The molecule has 1 amide bonds. The number of carbonyl (C=O) groups is 1. The molecule has 4 heteroatoms. The van der Waals surface area contributed by atoms with Crippen molar-refractivity contribution in [3.8, 4) is 0 Å². The molecule has 0 saturated carbocycles. The van der Waals surface area contributed by atoms with Gasteiger partial charge in [-0.2, -0.15) is 0 Å². The van der Waals surface area contributed by atoms with Crippen molar-refractivity contribution in [1.29, 1.82) is 0 Å². The predicted molar refractivity (Wildman–Crippen MR) is 39.4 cm³/mol. The Morgan fingerprint density at radius 3 is 2.82 bits per heavy atom. The SMILES string of the molecule is COC(C)C1(C)CNC(=O)O1. The second kappa shape index (κ2) is 2.70. The summed E-state index contributed by atoms with van der Waals surface area (Å²) in [5.74, 6) is 0. The van der Waals surface area contributed by atoms with Gasteiger partial charge in [-0.05, 0) is 13.8 Å². The van der Waals surface area contributed by atoms with Crippen LogP contribution in [0.4, 0.5) is 4.79 Å². The van der Waals surface area contributed by atoms with Gasteiger partial charge in [0.25, 0.3) is 0 Å². The van der Waals surface area contributed by atoms with Crippen molar-refractivity contribution in [2.75, 3.05) is 13.7 Å². The van der Waals surface area contributed by atoms with Gasteiger partial charge in [-0.25, -0.2) is 4.79 Å². The molecule has 1 aliphatic heterocycles. The Hall–Kier alpha value is -0.770. The topological polar surface area (TPSA) is 47.6 Å². The van der Waals surface area contributed by atoms with Crippen LogP contribution in [0.25, 0.3) is 0 Å². The number of alkyl carbamates (subject to hydrolysis) is 1. The van der Waals surface area contributed by atoms with Gasteiger partial charge in [0.2, 0.25) is 0 Å². The molecule has 0 spiro atoms. The number of carbonyl (C=O) groups excluding carboxylic acids is 1. The molecule has 1 aliphatic rings. The molecule has 1 rings (SSSR count). The first-order valence-corrected chi connectivity index (χ1v) is 3.58. The smallest absolute Gasteiger partial charge is 0.407 e. The van der Waals surface area contributed by atoms with Crippen LogP contribution < -0.4 is 5.32 Å². The number of nitrogens with one attached hydrogen (secondary N) is 1. The van der Waals surface area contributed by atoms with Crippen LogP contribution in [0.2, 0.25) is 0 Å². The number of hydrogen-bond donors (Lipinski definition) is 1. The monoisotopic (exact) mass is 159 g/mol. The maximum atomic E-state index is 10.7. The zero-order valence-corrected chi connectivity index (χ0v) is 7.01. The third kappa shape index (κ3) is 1.45. The second-order valence-corrected chi connectivity index (χ2v) is 2.93. The first kappa shape index (κ1) is 8.33. The van der Waals surface area contributed by atoms with E-state index in [0.717, 1.165) is 0 Å². The molecule has 1 saturated heterocycles. The largest absolute Gasteiger partial charge is 0.439 e. The van der Waals surface area contributed by atoms with Crippen LogP contribution in [-0.2, 0) is 9.47 Å². The van der Waals surface area contributed by atoms with Gasteiger partial charge in [-0.15, -0.1) is 0 Å². The lowest BCUT2D eigenvalue weighted by Gasteiger charge is -2.26. The van der Waals surface area contributed by atoms with E-state index in [1.165, 1.54) is 0 Å². The van der Waals surface area contributed by atoms with E-state index >= 15 is 0 Å². The van der Waals surface area contributed by atoms with Crippen LogP contribution in [-0.4, -0.2) is 31.5 Å². The van der Waals surface area contributed by atoms with Crippen molar-refractivity contribution in [3.05, 3.63) is 0 Å². The van der Waals surface area contributed by atoms with Crippen molar-refractivity contribution >= 4 is 6.09 Å². The lowest BCUT2D eigenvalue weighted by atomic mass is 10.0. The minimum atomic E-state index is -0.508. The van der Waals surface area contributed by atoms with Gasteiger partial charge in [0.1, 0.15) is 0 Å². The molecule has 4 nitrogen and oxygen atoms in total. The molecule has 1 heterocycles. The van der Waals surface area contributed by atoms with Crippen LogP contribution in [0.3, 0.4) is 0 Å². The lowest BCUT2D eigenvalue weighted by molar-refractivity contribution is -0.0513. The molecule has 1 N–H and O–H groups in total. The highest BCUT2D eigenvalue weighted by Gasteiger charge is 2.40. The Kier molecular flexibility index (Phi) is 2.04. The van der Waals surface area contributed by atoms with E-state index in [1.807, 2.05) is 13.8 Å². The molecule has 0 aromatic rings. The summed E-state index contributed by atoms with van der Waals surface area (Å²) < 4.78 is 10.1. The summed E-state index contributed by atoms with van der Waals surface area (Å²) in [6, 6.07) is 0. The van der Waals surface area contributed by atoms with Gasteiger partial charge >= 0.3 is 6.09 Å². The maximum absolute atomic E-state index is 10.7. The van der Waals surface area contributed by atoms with Gasteiger partial charge in [0.05, 0.1) is 12.6 Å². The van der Waals surface area contributed by atoms with Crippen LogP contribution in [0, 0.1) is 0 Å². The number of methoxy groups -OCH3 is 1. The summed E-state index contributed by atoms with van der Waals surface area (Å²) >= 11 is 0. The summed E-state index contributed by atoms with van der Waals surface area (Å²) in [6.07, 6.45) is -0.446. The third-order valence-corrected chi connectivity index (χ3v) is 2.12. The second-order valence-electron chi connectivity index (χ2n) is 2.93. The van der Waals surface area contributed by atoms with Gasteiger partial charge in [-0.1, -0.05) is 0 Å². The fourth-order valence-corrected chi connectivity index (χ4v) is 1.01. The Balaban J connectivity index is 2.61. The van der Waals surface area contributed by atoms with Crippen molar-refractivity contribution in [2.24, 2.45) is 0 Å². The van der Waals surface area contributed by atoms with E-state index in [0.29, 0.717) is 6.54 Å². The van der Waals surface area contributed by atoms with E-state index < -0.39 is 5.60 Å². The Morgan fingerprint density at radius 2 is 2.45 bits per heavy atom. The van der Waals surface area contributed by atoms with Gasteiger partial charge in [0.15, 0.2) is 5.60 Å². The predicted octanol–water partition coefficient (Wildman–Crippen LogP) is 0.520. The minimum absolute atomic E-state index is 0.0820. The molecule has 0 radical (unpaired) electrons. The first-order valence-electron chi connectivity index (χ1n) is 3.58. The van der Waals surface area contributed by atoms with Crippen molar-refractivity contribution in [3.63, 3.8) is 0 Å². The normalized spacial score (nSPS) is 32.8. The highest BCUT2D eigenvalue weighted by atomic mass is 16.6. The number of ether oxygens (including phenoxy) is 2. The maximum Gasteiger partial charge on any atom is 0.407 e. The fraction of sp³-hybridized carbons (Fsp3) is 0.857. The zero-order valence-electron chi connectivity index (χ0n) is 7.01. The third-order valence-electron chi connectivity index (χ3n) is 2.12. The van der Waals surface area contributed by atoms with Crippen molar-refractivity contribution < 1.29 is 14.3 Å². The summed E-state index contributed by atoms with van der Waals surface area (Å²) in [7, 11) is 1.60. The van der Waals surface area contributed by atoms with E-state index in [2.05, 4.69) is 5.32 Å². The molecule has 2 unspecified atom stereocenters. The van der Waals surface area contributed by atoms with Crippen molar-refractivity contribution in [1.82, 2.24) is 5.32 Å². The van der Waals surface area contributed by atoms with Crippen LogP contribution in [0.15, 0.2) is 0 Å². The van der Waals surface area contributed by atoms with Gasteiger partial charge < -0.3 is 14.8 Å². The van der Waals surface area contributed by atoms with Crippen LogP contribution >= 0.6 is 0 Å². The molecule has 0 aliphatic carbocycles. The fourth-order valence-electron chi connectivity index (χ4n) is 1.01. The van der Waals surface area contributed by atoms with Gasteiger partial charge in [0, 0.05) is 7.11 Å². The van der Waals surface area contributed by atoms with Gasteiger partial charge in [-0.3, -0.25) is 0 Å². The summed E-state index contributed by atoms with van der Waals surface area (Å²) in [6.45, 7) is 4.24. The Labute approximate surface area is 65.9 Å². The molecular weight excluding hydrogens is 146 g/mol.